The summed E-state index contributed by atoms with van der Waals surface area (Å²) in [4.78, 5) is 6.40. The summed E-state index contributed by atoms with van der Waals surface area (Å²) in [5, 5.41) is 4.04. The number of aryl methyl sites for hydroxylation is 2. The SMILES string of the molecule is Cc1noc(C)c1CN1CCO[C@H]2[C@H](Oc3ncccc3F)CC[C@@H]21. The van der Waals surface area contributed by atoms with Crippen molar-refractivity contribution >= 4 is 0 Å². The highest BCUT2D eigenvalue weighted by atomic mass is 19.1. The maximum atomic E-state index is 13.8. The quantitative estimate of drug-likeness (QED) is 0.847. The van der Waals surface area contributed by atoms with Gasteiger partial charge in [0.05, 0.1) is 12.3 Å². The number of ether oxygens (including phenoxy) is 2. The van der Waals surface area contributed by atoms with Crippen LogP contribution in [0.5, 0.6) is 5.88 Å². The van der Waals surface area contributed by atoms with Crippen LogP contribution in [0.3, 0.4) is 0 Å². The van der Waals surface area contributed by atoms with Crippen molar-refractivity contribution in [1.82, 2.24) is 15.0 Å². The Morgan fingerprint density at radius 2 is 2.24 bits per heavy atom. The molecule has 0 bridgehead atoms. The Kier molecular flexibility index (Phi) is 4.43. The summed E-state index contributed by atoms with van der Waals surface area (Å²) >= 11 is 0. The third-order valence-electron chi connectivity index (χ3n) is 5.18. The average molecular weight is 347 g/mol. The van der Waals surface area contributed by atoms with Crippen LogP contribution < -0.4 is 4.74 Å². The van der Waals surface area contributed by atoms with Gasteiger partial charge in [0.25, 0.3) is 5.88 Å². The van der Waals surface area contributed by atoms with E-state index in [2.05, 4.69) is 15.0 Å². The van der Waals surface area contributed by atoms with Crippen LogP contribution in [0.4, 0.5) is 4.39 Å². The van der Waals surface area contributed by atoms with Crippen LogP contribution in [0.15, 0.2) is 22.9 Å². The van der Waals surface area contributed by atoms with Gasteiger partial charge >= 0.3 is 0 Å². The minimum absolute atomic E-state index is 0.0552. The summed E-state index contributed by atoms with van der Waals surface area (Å²) in [7, 11) is 0. The van der Waals surface area contributed by atoms with Crippen LogP contribution >= 0.6 is 0 Å². The lowest BCUT2D eigenvalue weighted by Gasteiger charge is -2.38. The number of morpholine rings is 1. The molecule has 7 heteroatoms. The van der Waals surface area contributed by atoms with Gasteiger partial charge in [-0.05, 0) is 38.8 Å². The molecule has 2 aromatic rings. The first kappa shape index (κ1) is 16.5. The third kappa shape index (κ3) is 3.14. The molecule has 2 aromatic heterocycles. The molecule has 1 aliphatic carbocycles. The van der Waals surface area contributed by atoms with Gasteiger partial charge < -0.3 is 14.0 Å². The molecule has 2 aliphatic rings. The van der Waals surface area contributed by atoms with Crippen LogP contribution in [-0.2, 0) is 11.3 Å². The van der Waals surface area contributed by atoms with Crippen LogP contribution in [-0.4, -0.2) is 46.4 Å². The minimum Gasteiger partial charge on any atom is -0.469 e. The van der Waals surface area contributed by atoms with E-state index in [-0.39, 0.29) is 24.1 Å². The van der Waals surface area contributed by atoms with Gasteiger partial charge in [0, 0.05) is 30.9 Å². The number of nitrogens with zero attached hydrogens (tertiary/aromatic N) is 3. The normalized spacial score (nSPS) is 26.6. The lowest BCUT2D eigenvalue weighted by Crippen LogP contribution is -2.51. The molecule has 3 heterocycles. The number of fused-ring (bicyclic) bond motifs is 1. The van der Waals surface area contributed by atoms with Crippen molar-refractivity contribution in [2.75, 3.05) is 13.2 Å². The number of hydrogen-bond donors (Lipinski definition) is 0. The van der Waals surface area contributed by atoms with Crippen molar-refractivity contribution in [3.63, 3.8) is 0 Å². The zero-order chi connectivity index (χ0) is 17.4. The number of hydrogen-bond acceptors (Lipinski definition) is 6. The van der Waals surface area contributed by atoms with Gasteiger partial charge in [-0.15, -0.1) is 0 Å². The molecule has 0 radical (unpaired) electrons. The summed E-state index contributed by atoms with van der Waals surface area (Å²) < 4.78 is 30.9. The molecule has 0 unspecified atom stereocenters. The van der Waals surface area contributed by atoms with Gasteiger partial charge in [-0.3, -0.25) is 4.90 Å². The fraction of sp³-hybridized carbons (Fsp3) is 0.556. The smallest absolute Gasteiger partial charge is 0.250 e. The van der Waals surface area contributed by atoms with Gasteiger partial charge in [-0.1, -0.05) is 5.16 Å². The third-order valence-corrected chi connectivity index (χ3v) is 5.18. The fourth-order valence-electron chi connectivity index (χ4n) is 3.85. The van der Waals surface area contributed by atoms with Crippen LogP contribution in [0, 0.1) is 19.7 Å². The summed E-state index contributed by atoms with van der Waals surface area (Å²) in [6.07, 6.45) is 3.06. The average Bonchev–Trinajstić information content (AvgIpc) is 3.16. The van der Waals surface area contributed by atoms with Gasteiger partial charge in [0.15, 0.2) is 5.82 Å². The molecule has 6 nitrogen and oxygen atoms in total. The molecular weight excluding hydrogens is 325 g/mol. The Bertz CT molecular complexity index is 731. The largest absolute Gasteiger partial charge is 0.469 e. The van der Waals surface area contributed by atoms with E-state index >= 15 is 0 Å². The number of aromatic nitrogens is 2. The second-order valence-electron chi connectivity index (χ2n) is 6.70. The lowest BCUT2D eigenvalue weighted by atomic mass is 10.1. The molecule has 134 valence electrons. The van der Waals surface area contributed by atoms with Gasteiger partial charge in [0.2, 0.25) is 0 Å². The molecule has 3 atom stereocenters. The highest BCUT2D eigenvalue weighted by molar-refractivity contribution is 5.21. The second-order valence-corrected chi connectivity index (χ2v) is 6.70. The van der Waals surface area contributed by atoms with E-state index in [4.69, 9.17) is 14.0 Å². The Morgan fingerprint density at radius 1 is 1.36 bits per heavy atom. The van der Waals surface area contributed by atoms with Crippen molar-refractivity contribution in [2.24, 2.45) is 0 Å². The highest BCUT2D eigenvalue weighted by Gasteiger charge is 2.44. The highest BCUT2D eigenvalue weighted by Crippen LogP contribution is 2.34. The fourth-order valence-corrected chi connectivity index (χ4v) is 3.85. The van der Waals surface area contributed by atoms with Crippen LogP contribution in [0.2, 0.25) is 0 Å². The topological polar surface area (TPSA) is 60.6 Å². The molecule has 0 spiro atoms. The Hall–Kier alpha value is -1.99. The maximum Gasteiger partial charge on any atom is 0.250 e. The standard InChI is InChI=1S/C18H22FN3O3/c1-11-13(12(2)25-21-11)10-22-8-9-23-17-15(22)5-6-16(17)24-18-14(19)4-3-7-20-18/h3-4,7,15-17H,5-6,8-10H2,1-2H3/t15-,16+,17+/m0/s1. The maximum absolute atomic E-state index is 13.8. The Labute approximate surface area is 145 Å². The van der Waals surface area contributed by atoms with Crippen molar-refractivity contribution in [3.8, 4) is 5.88 Å². The van der Waals surface area contributed by atoms with E-state index in [1.807, 2.05) is 13.8 Å². The lowest BCUT2D eigenvalue weighted by molar-refractivity contribution is -0.0928. The van der Waals surface area contributed by atoms with Crippen molar-refractivity contribution in [2.45, 2.75) is 51.5 Å². The van der Waals surface area contributed by atoms with Gasteiger partial charge in [-0.25, -0.2) is 9.37 Å². The zero-order valence-corrected chi connectivity index (χ0v) is 14.4. The van der Waals surface area contributed by atoms with Crippen LogP contribution in [0.25, 0.3) is 0 Å². The summed E-state index contributed by atoms with van der Waals surface area (Å²) in [5.74, 6) is 0.482. The Balaban J connectivity index is 1.48. The molecular formula is C18H22FN3O3. The van der Waals surface area contributed by atoms with Crippen molar-refractivity contribution in [1.29, 1.82) is 0 Å². The van der Waals surface area contributed by atoms with E-state index in [1.165, 1.54) is 12.3 Å². The molecule has 25 heavy (non-hydrogen) atoms. The predicted octanol–water partition coefficient (Wildman–Crippen LogP) is 2.64. The van der Waals surface area contributed by atoms with Gasteiger partial charge in [-0.2, -0.15) is 0 Å². The number of halogens is 1. The number of rotatable bonds is 4. The minimum atomic E-state index is -0.436. The van der Waals surface area contributed by atoms with Crippen molar-refractivity contribution < 1.29 is 18.4 Å². The molecule has 0 aromatic carbocycles. The molecule has 0 amide bonds. The van der Waals surface area contributed by atoms with E-state index < -0.39 is 5.82 Å². The summed E-state index contributed by atoms with van der Waals surface area (Å²) in [6, 6.07) is 3.17. The van der Waals surface area contributed by atoms with Gasteiger partial charge in [0.1, 0.15) is 18.0 Å². The molecule has 1 saturated heterocycles. The summed E-state index contributed by atoms with van der Waals surface area (Å²) in [6.45, 7) is 6.19. The predicted molar refractivity (Wildman–Crippen MR) is 87.8 cm³/mol. The molecule has 4 rings (SSSR count). The molecule has 1 aliphatic heterocycles. The molecule has 2 fully saturated rings. The van der Waals surface area contributed by atoms with E-state index in [9.17, 15) is 4.39 Å². The first-order valence-electron chi connectivity index (χ1n) is 8.68. The summed E-state index contributed by atoms with van der Waals surface area (Å²) in [5.41, 5.74) is 2.07. The van der Waals surface area contributed by atoms with E-state index in [0.717, 1.165) is 42.9 Å². The first-order valence-corrected chi connectivity index (χ1v) is 8.68. The molecule has 0 N–H and O–H groups in total. The van der Waals surface area contributed by atoms with Crippen LogP contribution in [0.1, 0.15) is 29.9 Å². The van der Waals surface area contributed by atoms with Crippen molar-refractivity contribution in [3.05, 3.63) is 41.2 Å². The molecule has 1 saturated carbocycles. The van der Waals surface area contributed by atoms with E-state index in [0.29, 0.717) is 6.61 Å². The first-order chi connectivity index (χ1) is 12.1. The number of pyridine rings is 1. The van der Waals surface area contributed by atoms with E-state index in [1.54, 1.807) is 6.07 Å². The monoisotopic (exact) mass is 347 g/mol. The Morgan fingerprint density at radius 3 is 3.00 bits per heavy atom. The second kappa shape index (κ2) is 6.72. The zero-order valence-electron chi connectivity index (χ0n) is 14.4.